The van der Waals surface area contributed by atoms with E-state index < -0.39 is 37.9 Å². The standard InChI is InChI=1S/C6H12F3NO6S2/c1-15-2-3-16-4-5-17(11,12)10-18(13,14)6(7,8)9/h10H,2-5H2,1H3. The van der Waals surface area contributed by atoms with Crippen molar-refractivity contribution in [1.29, 1.82) is 0 Å². The maximum Gasteiger partial charge on any atom is 0.512 e. The summed E-state index contributed by atoms with van der Waals surface area (Å²) < 4.78 is 88.6. The Morgan fingerprint density at radius 1 is 1.06 bits per heavy atom. The molecular formula is C6H12F3NO6S2. The van der Waals surface area contributed by atoms with Crippen molar-refractivity contribution in [2.75, 3.05) is 32.7 Å². The first-order valence-electron chi connectivity index (χ1n) is 4.41. The number of alkyl halides is 3. The van der Waals surface area contributed by atoms with Gasteiger partial charge >= 0.3 is 15.5 Å². The van der Waals surface area contributed by atoms with Crippen LogP contribution < -0.4 is 4.13 Å². The third kappa shape index (κ3) is 6.49. The molecule has 0 aromatic heterocycles. The summed E-state index contributed by atoms with van der Waals surface area (Å²) >= 11 is 0. The second-order valence-electron chi connectivity index (χ2n) is 2.96. The van der Waals surface area contributed by atoms with E-state index in [9.17, 15) is 30.0 Å². The van der Waals surface area contributed by atoms with Crippen LogP contribution in [0.15, 0.2) is 0 Å². The Morgan fingerprint density at radius 3 is 2.06 bits per heavy atom. The van der Waals surface area contributed by atoms with Crippen LogP contribution >= 0.6 is 0 Å². The lowest BCUT2D eigenvalue weighted by Gasteiger charge is -2.10. The van der Waals surface area contributed by atoms with E-state index in [1.165, 1.54) is 7.11 Å². The second-order valence-corrected chi connectivity index (χ2v) is 6.73. The topological polar surface area (TPSA) is 98.8 Å². The zero-order chi connectivity index (χ0) is 14.4. The van der Waals surface area contributed by atoms with Gasteiger partial charge in [-0.15, -0.1) is 4.13 Å². The number of methoxy groups -OCH3 is 1. The third-order valence-electron chi connectivity index (χ3n) is 1.47. The summed E-state index contributed by atoms with van der Waals surface area (Å²) in [7, 11) is -9.18. The van der Waals surface area contributed by atoms with E-state index in [0.29, 0.717) is 4.13 Å². The predicted octanol–water partition coefficient (Wildman–Crippen LogP) is -0.582. The van der Waals surface area contributed by atoms with Gasteiger partial charge in [-0.3, -0.25) is 0 Å². The van der Waals surface area contributed by atoms with E-state index in [0.717, 1.165) is 0 Å². The highest BCUT2D eigenvalue weighted by Crippen LogP contribution is 2.22. The van der Waals surface area contributed by atoms with E-state index in [1.807, 2.05) is 0 Å². The summed E-state index contributed by atoms with van der Waals surface area (Å²) in [5.74, 6) is -0.911. The number of nitrogens with one attached hydrogen (secondary N) is 1. The minimum atomic E-state index is -5.92. The molecule has 18 heavy (non-hydrogen) atoms. The Hall–Kier alpha value is -0.430. The van der Waals surface area contributed by atoms with Gasteiger partial charge in [0, 0.05) is 7.11 Å². The van der Waals surface area contributed by atoms with Gasteiger partial charge in [-0.2, -0.15) is 13.2 Å². The van der Waals surface area contributed by atoms with E-state index in [2.05, 4.69) is 9.47 Å². The first-order valence-corrected chi connectivity index (χ1v) is 7.54. The van der Waals surface area contributed by atoms with Crippen molar-refractivity contribution >= 4 is 20.0 Å². The van der Waals surface area contributed by atoms with Crippen molar-refractivity contribution in [3.05, 3.63) is 0 Å². The molecule has 110 valence electrons. The maximum absolute atomic E-state index is 11.9. The highest BCUT2D eigenvalue weighted by molar-refractivity contribution is 8.05. The summed E-state index contributed by atoms with van der Waals surface area (Å²) in [4.78, 5) is 0. The first-order chi connectivity index (χ1) is 8.02. The van der Waals surface area contributed by atoms with E-state index >= 15 is 0 Å². The molecule has 1 N–H and O–H groups in total. The Morgan fingerprint density at radius 2 is 1.61 bits per heavy atom. The molecule has 0 aliphatic heterocycles. The molecule has 0 spiro atoms. The minimum Gasteiger partial charge on any atom is -0.382 e. The summed E-state index contributed by atoms with van der Waals surface area (Å²) in [5.41, 5.74) is -5.68. The van der Waals surface area contributed by atoms with Crippen molar-refractivity contribution in [3.8, 4) is 0 Å². The fourth-order valence-electron chi connectivity index (χ4n) is 0.669. The van der Waals surface area contributed by atoms with E-state index in [-0.39, 0.29) is 13.2 Å². The quantitative estimate of drug-likeness (QED) is 0.602. The van der Waals surface area contributed by atoms with Crippen molar-refractivity contribution in [2.24, 2.45) is 0 Å². The van der Waals surface area contributed by atoms with Gasteiger partial charge in [0.05, 0.1) is 25.6 Å². The summed E-state index contributed by atoms with van der Waals surface area (Å²) in [6.45, 7) is -0.238. The molecule has 0 bridgehead atoms. The molecule has 0 saturated carbocycles. The second kappa shape index (κ2) is 6.65. The zero-order valence-electron chi connectivity index (χ0n) is 9.23. The molecule has 0 atom stereocenters. The largest absolute Gasteiger partial charge is 0.512 e. The Bertz CT molecular complexity index is 442. The fourth-order valence-corrected chi connectivity index (χ4v) is 3.05. The first kappa shape index (κ1) is 17.6. The highest BCUT2D eigenvalue weighted by atomic mass is 32.3. The van der Waals surface area contributed by atoms with Crippen molar-refractivity contribution < 1.29 is 39.5 Å². The number of rotatable bonds is 8. The molecule has 7 nitrogen and oxygen atoms in total. The Kier molecular flexibility index (Phi) is 6.50. The Labute approximate surface area is 102 Å². The molecule has 0 heterocycles. The highest BCUT2D eigenvalue weighted by Gasteiger charge is 2.48. The minimum absolute atomic E-state index is 0.0397. The molecule has 0 fully saturated rings. The molecule has 0 radical (unpaired) electrons. The summed E-state index contributed by atoms with van der Waals surface area (Å²) in [5, 5.41) is 0. The lowest BCUT2D eigenvalue weighted by molar-refractivity contribution is -0.0441. The number of hydrogen-bond acceptors (Lipinski definition) is 6. The number of ether oxygens (including phenoxy) is 2. The number of sulfonamides is 2. The normalized spacial score (nSPS) is 13.8. The van der Waals surface area contributed by atoms with Gasteiger partial charge in [0.1, 0.15) is 0 Å². The predicted molar refractivity (Wildman–Crippen MR) is 54.6 cm³/mol. The van der Waals surface area contributed by atoms with Gasteiger partial charge in [-0.05, 0) is 0 Å². The molecule has 0 aromatic carbocycles. The molecule has 0 aliphatic rings. The molecule has 0 amide bonds. The average Bonchev–Trinajstić information content (AvgIpc) is 2.13. The van der Waals surface area contributed by atoms with Crippen LogP contribution in [0.25, 0.3) is 0 Å². The number of halogens is 3. The van der Waals surface area contributed by atoms with Crippen LogP contribution in [0.2, 0.25) is 0 Å². The lowest BCUT2D eigenvalue weighted by Crippen LogP contribution is -2.41. The van der Waals surface area contributed by atoms with Gasteiger partial charge < -0.3 is 9.47 Å². The van der Waals surface area contributed by atoms with Crippen LogP contribution in [0, 0.1) is 0 Å². The van der Waals surface area contributed by atoms with Gasteiger partial charge in [-0.25, -0.2) is 16.8 Å². The molecule has 12 heteroatoms. The summed E-state index contributed by atoms with van der Waals surface area (Å²) in [6, 6.07) is 0. The Balaban J connectivity index is 4.34. The average molecular weight is 315 g/mol. The smallest absolute Gasteiger partial charge is 0.382 e. The van der Waals surface area contributed by atoms with Gasteiger partial charge in [0.25, 0.3) is 0 Å². The van der Waals surface area contributed by atoms with Crippen LogP contribution in [0.5, 0.6) is 0 Å². The SMILES string of the molecule is COCCOCCS(=O)(=O)NS(=O)(=O)C(F)(F)F. The third-order valence-corrected chi connectivity index (χ3v) is 4.68. The molecule has 0 aliphatic carbocycles. The van der Waals surface area contributed by atoms with Gasteiger partial charge in [0.2, 0.25) is 10.0 Å². The van der Waals surface area contributed by atoms with Crippen LogP contribution in [-0.4, -0.2) is 55.0 Å². The van der Waals surface area contributed by atoms with Crippen LogP contribution in [0.3, 0.4) is 0 Å². The maximum atomic E-state index is 11.9. The van der Waals surface area contributed by atoms with Crippen molar-refractivity contribution in [3.63, 3.8) is 0 Å². The van der Waals surface area contributed by atoms with Gasteiger partial charge in [0.15, 0.2) is 0 Å². The lowest BCUT2D eigenvalue weighted by atomic mass is 10.7. The van der Waals surface area contributed by atoms with Crippen molar-refractivity contribution in [1.82, 2.24) is 4.13 Å². The molecule has 0 unspecified atom stereocenters. The number of hydrogen-bond donors (Lipinski definition) is 1. The monoisotopic (exact) mass is 315 g/mol. The fraction of sp³-hybridized carbons (Fsp3) is 1.00. The molecule has 0 aromatic rings. The van der Waals surface area contributed by atoms with Crippen LogP contribution in [-0.2, 0) is 29.5 Å². The molecule has 0 saturated heterocycles. The zero-order valence-corrected chi connectivity index (χ0v) is 10.9. The molecule has 0 rings (SSSR count). The van der Waals surface area contributed by atoms with Crippen molar-refractivity contribution in [2.45, 2.75) is 5.51 Å². The van der Waals surface area contributed by atoms with Crippen LogP contribution in [0.1, 0.15) is 0 Å². The van der Waals surface area contributed by atoms with Crippen LogP contribution in [0.4, 0.5) is 13.2 Å². The van der Waals surface area contributed by atoms with Gasteiger partial charge in [-0.1, -0.05) is 0 Å². The van der Waals surface area contributed by atoms with E-state index in [1.54, 1.807) is 0 Å². The summed E-state index contributed by atoms with van der Waals surface area (Å²) in [6.07, 6.45) is 0. The van der Waals surface area contributed by atoms with E-state index in [4.69, 9.17) is 0 Å². The molecular weight excluding hydrogens is 303 g/mol.